The normalized spacial score (nSPS) is 18.6. The minimum Gasteiger partial charge on any atom is -0.494 e. The van der Waals surface area contributed by atoms with Crippen molar-refractivity contribution in [1.82, 2.24) is 4.57 Å². The van der Waals surface area contributed by atoms with Crippen molar-refractivity contribution < 1.29 is 14.4 Å². The van der Waals surface area contributed by atoms with Crippen LogP contribution >= 0.6 is 11.6 Å². The summed E-state index contributed by atoms with van der Waals surface area (Å²) in [4.78, 5) is 0. The van der Waals surface area contributed by atoms with E-state index in [-0.39, 0.29) is 5.88 Å². The van der Waals surface area contributed by atoms with Crippen LogP contribution in [0.1, 0.15) is 27.7 Å². The number of nitrogens with zero attached hydrogens (tertiary/aromatic N) is 1. The number of hydrogen-bond donors (Lipinski definition) is 1. The molecular weight excluding hydrogens is 348 g/mol. The molecule has 26 heavy (non-hydrogen) atoms. The maximum absolute atomic E-state index is 10.7. The zero-order chi connectivity index (χ0) is 18.7. The van der Waals surface area contributed by atoms with Gasteiger partial charge in [-0.25, -0.2) is 0 Å². The number of hydrogen-bond acceptors (Lipinski definition) is 3. The van der Waals surface area contributed by atoms with E-state index in [0.29, 0.717) is 10.4 Å². The SMILES string of the molecule is CC1(C)OB(c2cccc(-n3cc4cccc(Cl)c4c3O)c2)OC1(C)C. The quantitative estimate of drug-likeness (QED) is 0.685. The first-order valence-electron chi connectivity index (χ1n) is 8.64. The molecule has 4 rings (SSSR count). The van der Waals surface area contributed by atoms with Gasteiger partial charge in [0.15, 0.2) is 0 Å². The van der Waals surface area contributed by atoms with Crippen molar-refractivity contribution >= 4 is 35.0 Å². The van der Waals surface area contributed by atoms with E-state index in [1.54, 1.807) is 10.6 Å². The standard InChI is InChI=1S/C20H21BClNO3/c1-19(2)20(3,4)26-21(25-19)14-8-6-9-15(11-14)23-12-13-7-5-10-16(22)17(13)18(23)24/h5-12,24H,1-4H3. The van der Waals surface area contributed by atoms with Crippen molar-refractivity contribution in [2.45, 2.75) is 38.9 Å². The third-order valence-electron chi connectivity index (χ3n) is 5.44. The number of aromatic nitrogens is 1. The Kier molecular flexibility index (Phi) is 3.88. The van der Waals surface area contributed by atoms with Crippen molar-refractivity contribution in [3.8, 4) is 11.6 Å². The summed E-state index contributed by atoms with van der Waals surface area (Å²) in [5.41, 5.74) is 0.933. The highest BCUT2D eigenvalue weighted by atomic mass is 35.5. The van der Waals surface area contributed by atoms with Crippen molar-refractivity contribution in [3.63, 3.8) is 0 Å². The third-order valence-corrected chi connectivity index (χ3v) is 5.75. The van der Waals surface area contributed by atoms with Crippen LogP contribution in [0.2, 0.25) is 5.02 Å². The molecule has 0 unspecified atom stereocenters. The second kappa shape index (κ2) is 5.78. The molecule has 0 aliphatic carbocycles. The molecule has 4 nitrogen and oxygen atoms in total. The van der Waals surface area contributed by atoms with E-state index in [1.165, 1.54) is 0 Å². The van der Waals surface area contributed by atoms with E-state index >= 15 is 0 Å². The lowest BCUT2D eigenvalue weighted by molar-refractivity contribution is 0.00578. The number of aromatic hydroxyl groups is 1. The number of halogens is 1. The molecule has 0 radical (unpaired) electrons. The van der Waals surface area contributed by atoms with Gasteiger partial charge < -0.3 is 14.4 Å². The average Bonchev–Trinajstić information content (AvgIpc) is 3.02. The van der Waals surface area contributed by atoms with Crippen LogP contribution in [0.5, 0.6) is 5.88 Å². The molecule has 0 amide bonds. The van der Waals surface area contributed by atoms with Gasteiger partial charge in [-0.1, -0.05) is 35.9 Å². The first-order valence-corrected chi connectivity index (χ1v) is 9.02. The zero-order valence-corrected chi connectivity index (χ0v) is 16.0. The molecule has 1 saturated heterocycles. The second-order valence-electron chi connectivity index (χ2n) is 7.71. The smallest absolute Gasteiger partial charge is 0.494 e. The molecule has 0 saturated carbocycles. The Hall–Kier alpha value is -1.95. The summed E-state index contributed by atoms with van der Waals surface area (Å²) in [5.74, 6) is 0.122. The van der Waals surface area contributed by atoms with Crippen LogP contribution in [0.25, 0.3) is 16.5 Å². The molecule has 1 N–H and O–H groups in total. The molecule has 0 atom stereocenters. The highest BCUT2D eigenvalue weighted by Gasteiger charge is 2.51. The van der Waals surface area contributed by atoms with E-state index in [9.17, 15) is 5.11 Å². The van der Waals surface area contributed by atoms with Crippen molar-refractivity contribution in [2.24, 2.45) is 0 Å². The Morgan fingerprint density at radius 2 is 1.65 bits per heavy atom. The van der Waals surface area contributed by atoms with Gasteiger partial charge in [0.2, 0.25) is 5.88 Å². The lowest BCUT2D eigenvalue weighted by Gasteiger charge is -2.32. The summed E-state index contributed by atoms with van der Waals surface area (Å²) in [5, 5.41) is 12.7. The molecule has 1 aliphatic rings. The monoisotopic (exact) mass is 369 g/mol. The highest BCUT2D eigenvalue weighted by Crippen LogP contribution is 2.37. The zero-order valence-electron chi connectivity index (χ0n) is 15.3. The summed E-state index contributed by atoms with van der Waals surface area (Å²) >= 11 is 6.25. The van der Waals surface area contributed by atoms with Crippen LogP contribution in [0.3, 0.4) is 0 Å². The lowest BCUT2D eigenvalue weighted by Crippen LogP contribution is -2.41. The maximum atomic E-state index is 10.7. The molecular formula is C20H21BClNO3. The summed E-state index contributed by atoms with van der Waals surface area (Å²) in [6.45, 7) is 8.12. The predicted octanol–water partition coefficient (Wildman–Crippen LogP) is 4.29. The molecule has 2 heterocycles. The Balaban J connectivity index is 1.76. The Bertz CT molecular complexity index is 980. The van der Waals surface area contributed by atoms with E-state index in [0.717, 1.165) is 16.5 Å². The van der Waals surface area contributed by atoms with Crippen LogP contribution in [-0.2, 0) is 9.31 Å². The van der Waals surface area contributed by atoms with Gasteiger partial charge >= 0.3 is 7.12 Å². The summed E-state index contributed by atoms with van der Waals surface area (Å²) in [7, 11) is -0.448. The number of fused-ring (bicyclic) bond motifs is 1. The summed E-state index contributed by atoms with van der Waals surface area (Å²) in [6.07, 6.45) is 1.87. The largest absolute Gasteiger partial charge is 0.494 e. The molecule has 1 aliphatic heterocycles. The minimum absolute atomic E-state index is 0.122. The van der Waals surface area contributed by atoms with Crippen LogP contribution in [-0.4, -0.2) is 28.0 Å². The number of benzene rings is 2. The van der Waals surface area contributed by atoms with Crippen LogP contribution < -0.4 is 5.46 Å². The Labute approximate surface area is 158 Å². The topological polar surface area (TPSA) is 43.6 Å². The molecule has 1 aromatic heterocycles. The van der Waals surface area contributed by atoms with Crippen molar-refractivity contribution in [2.75, 3.05) is 0 Å². The first kappa shape index (κ1) is 17.5. The van der Waals surface area contributed by atoms with Crippen LogP contribution in [0.4, 0.5) is 0 Å². The Morgan fingerprint density at radius 1 is 1.00 bits per heavy atom. The van der Waals surface area contributed by atoms with Crippen molar-refractivity contribution in [3.05, 3.63) is 53.7 Å². The highest BCUT2D eigenvalue weighted by molar-refractivity contribution is 6.62. The Morgan fingerprint density at radius 3 is 2.31 bits per heavy atom. The van der Waals surface area contributed by atoms with E-state index in [2.05, 4.69) is 0 Å². The van der Waals surface area contributed by atoms with Gasteiger partial charge in [0.05, 0.1) is 21.6 Å². The lowest BCUT2D eigenvalue weighted by atomic mass is 9.79. The summed E-state index contributed by atoms with van der Waals surface area (Å²) in [6, 6.07) is 13.4. The van der Waals surface area contributed by atoms with Gasteiger partial charge in [0, 0.05) is 17.3 Å². The molecule has 3 aromatic rings. The third kappa shape index (κ3) is 2.62. The van der Waals surface area contributed by atoms with Gasteiger partial charge in [-0.3, -0.25) is 4.57 Å². The van der Waals surface area contributed by atoms with E-state index < -0.39 is 18.3 Å². The van der Waals surface area contributed by atoms with Gasteiger partial charge in [0.25, 0.3) is 0 Å². The fourth-order valence-electron chi connectivity index (χ4n) is 3.20. The molecule has 2 aromatic carbocycles. The molecule has 1 fully saturated rings. The van der Waals surface area contributed by atoms with Crippen molar-refractivity contribution in [1.29, 1.82) is 0 Å². The molecule has 134 valence electrons. The van der Waals surface area contributed by atoms with Crippen LogP contribution in [0, 0.1) is 0 Å². The van der Waals surface area contributed by atoms with Gasteiger partial charge in [-0.15, -0.1) is 0 Å². The molecule has 0 bridgehead atoms. The molecule has 6 heteroatoms. The fraction of sp³-hybridized carbons (Fsp3) is 0.300. The number of rotatable bonds is 2. The fourth-order valence-corrected chi connectivity index (χ4v) is 3.47. The van der Waals surface area contributed by atoms with E-state index in [4.69, 9.17) is 20.9 Å². The van der Waals surface area contributed by atoms with E-state index in [1.807, 2.05) is 70.3 Å². The first-order chi connectivity index (χ1) is 12.2. The summed E-state index contributed by atoms with van der Waals surface area (Å²) < 4.78 is 14.0. The second-order valence-corrected chi connectivity index (χ2v) is 8.12. The average molecular weight is 370 g/mol. The predicted molar refractivity (Wildman–Crippen MR) is 106 cm³/mol. The van der Waals surface area contributed by atoms with Gasteiger partial charge in [-0.05, 0) is 51.4 Å². The molecule has 0 spiro atoms. The minimum atomic E-state index is -0.448. The van der Waals surface area contributed by atoms with Gasteiger partial charge in [-0.2, -0.15) is 0 Å². The maximum Gasteiger partial charge on any atom is 0.494 e. The van der Waals surface area contributed by atoms with Gasteiger partial charge in [0.1, 0.15) is 0 Å². The van der Waals surface area contributed by atoms with Crippen LogP contribution in [0.15, 0.2) is 48.7 Å².